The minimum Gasteiger partial charge on any atom is -0.494 e. The number of ether oxygens (including phenoxy) is 3. The van der Waals surface area contributed by atoms with Crippen molar-refractivity contribution in [3.8, 4) is 17.2 Å². The highest BCUT2D eigenvalue weighted by molar-refractivity contribution is 8.93. The van der Waals surface area contributed by atoms with E-state index in [0.717, 1.165) is 18.4 Å². The molecular formula is C27H35BrFN3O6. The number of carbonyl (C=O) groups is 2. The molecule has 0 spiro atoms. The van der Waals surface area contributed by atoms with Crippen molar-refractivity contribution < 1.29 is 33.3 Å². The maximum atomic E-state index is 15.0. The average molecular weight is 596 g/mol. The number of nitrogens with zero attached hydrogens (tertiary/aromatic N) is 2. The van der Waals surface area contributed by atoms with Crippen LogP contribution < -0.4 is 14.2 Å². The van der Waals surface area contributed by atoms with Gasteiger partial charge < -0.3 is 29.1 Å². The molecule has 1 aliphatic heterocycles. The van der Waals surface area contributed by atoms with Crippen molar-refractivity contribution in [3.05, 3.63) is 52.3 Å². The smallest absolute Gasteiger partial charge is 0.407 e. The first-order valence-corrected chi connectivity index (χ1v) is 12.3. The van der Waals surface area contributed by atoms with E-state index in [-0.39, 0.29) is 58.8 Å². The average Bonchev–Trinajstić information content (AvgIpc) is 3.19. The second-order valence-corrected chi connectivity index (χ2v) is 8.72. The van der Waals surface area contributed by atoms with Crippen LogP contribution in [0.1, 0.15) is 53.7 Å². The van der Waals surface area contributed by atoms with Gasteiger partial charge in [-0.2, -0.15) is 0 Å². The molecule has 0 aromatic heterocycles. The van der Waals surface area contributed by atoms with Crippen LogP contribution in [0.4, 0.5) is 9.18 Å². The number of carbonyl (C=O) groups excluding carboxylic acids is 1. The first kappa shape index (κ1) is 30.9. The van der Waals surface area contributed by atoms with Crippen molar-refractivity contribution in [2.24, 2.45) is 0 Å². The van der Waals surface area contributed by atoms with Gasteiger partial charge in [0, 0.05) is 25.2 Å². The number of fused-ring (bicyclic) bond motifs is 1. The molecule has 2 N–H and O–H groups in total. The number of halogens is 2. The molecule has 0 radical (unpaired) electrons. The number of hydrogen-bond acceptors (Lipinski definition) is 6. The Hall–Kier alpha value is -3.34. The Morgan fingerprint density at radius 1 is 1.13 bits per heavy atom. The van der Waals surface area contributed by atoms with Crippen molar-refractivity contribution in [2.45, 2.75) is 39.7 Å². The minimum atomic E-state index is -0.959. The summed E-state index contributed by atoms with van der Waals surface area (Å²) in [7, 11) is 2.74. The molecule has 0 saturated heterocycles. The first-order chi connectivity index (χ1) is 17.7. The second-order valence-electron chi connectivity index (χ2n) is 8.72. The molecule has 9 nitrogen and oxygen atoms in total. The SMILES string of the molecule is Br.CCCCN(CCc1ccc(C(=O)CN2Cc3cc(OC)c(OC)c(F)c3C2=N)cc1OCC)C(=O)O. The van der Waals surface area contributed by atoms with E-state index >= 15 is 4.39 Å². The summed E-state index contributed by atoms with van der Waals surface area (Å²) in [6, 6.07) is 6.73. The number of Topliss-reactive ketones (excluding diaryl/α,β-unsaturated/α-hetero) is 1. The normalized spacial score (nSPS) is 12.0. The number of ketones is 1. The zero-order chi connectivity index (χ0) is 27.1. The van der Waals surface area contributed by atoms with E-state index in [1.807, 2.05) is 13.8 Å². The summed E-state index contributed by atoms with van der Waals surface area (Å²) in [5.41, 5.74) is 1.85. The molecule has 2 aromatic rings. The van der Waals surface area contributed by atoms with Gasteiger partial charge in [-0.05, 0) is 43.0 Å². The molecule has 208 valence electrons. The van der Waals surface area contributed by atoms with Gasteiger partial charge in [0.15, 0.2) is 23.1 Å². The lowest BCUT2D eigenvalue weighted by molar-refractivity contribution is 0.0962. The van der Waals surface area contributed by atoms with Crippen LogP contribution in [0, 0.1) is 11.2 Å². The molecule has 38 heavy (non-hydrogen) atoms. The fraction of sp³-hybridized carbons (Fsp3) is 0.444. The Morgan fingerprint density at radius 2 is 1.87 bits per heavy atom. The summed E-state index contributed by atoms with van der Waals surface area (Å²) in [6.45, 7) is 5.10. The highest BCUT2D eigenvalue weighted by Crippen LogP contribution is 2.38. The van der Waals surface area contributed by atoms with Crippen LogP contribution in [0.5, 0.6) is 17.2 Å². The van der Waals surface area contributed by atoms with Crippen LogP contribution in [0.15, 0.2) is 24.3 Å². The lowest BCUT2D eigenvalue weighted by Crippen LogP contribution is -2.32. The third-order valence-corrected chi connectivity index (χ3v) is 6.33. The van der Waals surface area contributed by atoms with Gasteiger partial charge in [0.2, 0.25) is 0 Å². The van der Waals surface area contributed by atoms with Gasteiger partial charge >= 0.3 is 6.09 Å². The molecule has 0 fully saturated rings. The number of hydrogen-bond donors (Lipinski definition) is 2. The van der Waals surface area contributed by atoms with Crippen molar-refractivity contribution >= 4 is 34.7 Å². The summed E-state index contributed by atoms with van der Waals surface area (Å²) in [5.74, 6) is -0.354. The van der Waals surface area contributed by atoms with E-state index in [4.69, 9.17) is 19.6 Å². The Morgan fingerprint density at radius 3 is 2.47 bits per heavy atom. The Labute approximate surface area is 232 Å². The van der Waals surface area contributed by atoms with Crippen molar-refractivity contribution in [1.82, 2.24) is 9.80 Å². The standard InChI is InChI=1S/C27H34FN3O6.BrH/c1-5-7-11-30(27(33)34)12-10-17-8-9-18(13-21(17)37-6-2)20(32)16-31-15-19-14-22(35-3)25(36-4)24(28)23(19)26(31)29;/h8-9,13-14,29H,5-7,10-12,15-16H2,1-4H3,(H,33,34);1H. The first-order valence-electron chi connectivity index (χ1n) is 12.3. The molecule has 1 amide bonds. The number of unbranched alkanes of at least 4 members (excludes halogenated alkanes) is 1. The Kier molecular flexibility index (Phi) is 11.4. The number of methoxy groups -OCH3 is 2. The summed E-state index contributed by atoms with van der Waals surface area (Å²) in [5, 5.41) is 17.9. The zero-order valence-electron chi connectivity index (χ0n) is 22.1. The van der Waals surface area contributed by atoms with Gasteiger partial charge in [0.1, 0.15) is 11.6 Å². The highest BCUT2D eigenvalue weighted by Gasteiger charge is 2.33. The van der Waals surface area contributed by atoms with Crippen LogP contribution in [-0.4, -0.2) is 73.1 Å². The number of benzene rings is 2. The summed E-state index contributed by atoms with van der Waals surface area (Å²) in [6.07, 6.45) is 1.18. The number of carboxylic acid groups (broad SMARTS) is 1. The molecule has 11 heteroatoms. The fourth-order valence-electron chi connectivity index (χ4n) is 4.36. The Balaban J connectivity index is 0.00000507. The predicted octanol–water partition coefficient (Wildman–Crippen LogP) is 5.17. The maximum absolute atomic E-state index is 15.0. The van der Waals surface area contributed by atoms with Gasteiger partial charge in [-0.1, -0.05) is 25.5 Å². The predicted molar refractivity (Wildman–Crippen MR) is 147 cm³/mol. The van der Waals surface area contributed by atoms with Gasteiger partial charge in [0.25, 0.3) is 0 Å². The lowest BCUT2D eigenvalue weighted by atomic mass is 10.0. The van der Waals surface area contributed by atoms with E-state index in [0.29, 0.717) is 43.0 Å². The number of amides is 1. The summed E-state index contributed by atoms with van der Waals surface area (Å²) in [4.78, 5) is 27.6. The van der Waals surface area contributed by atoms with Crippen molar-refractivity contribution in [2.75, 3.05) is 40.5 Å². The van der Waals surface area contributed by atoms with Crippen LogP contribution in [-0.2, 0) is 13.0 Å². The minimum absolute atomic E-state index is 0. The molecule has 0 saturated carbocycles. The third-order valence-electron chi connectivity index (χ3n) is 6.33. The molecule has 0 atom stereocenters. The van der Waals surface area contributed by atoms with E-state index in [2.05, 4.69) is 0 Å². The monoisotopic (exact) mass is 595 g/mol. The highest BCUT2D eigenvalue weighted by atomic mass is 79.9. The largest absolute Gasteiger partial charge is 0.494 e. The quantitative estimate of drug-likeness (QED) is 0.307. The third kappa shape index (κ3) is 6.75. The maximum Gasteiger partial charge on any atom is 0.407 e. The topological polar surface area (TPSA) is 112 Å². The Bertz CT molecular complexity index is 1180. The number of nitrogens with one attached hydrogen (secondary N) is 1. The molecule has 1 heterocycles. The second kappa shape index (κ2) is 14.0. The van der Waals surface area contributed by atoms with Crippen molar-refractivity contribution in [1.29, 1.82) is 5.41 Å². The van der Waals surface area contributed by atoms with Crippen LogP contribution in [0.3, 0.4) is 0 Å². The van der Waals surface area contributed by atoms with Crippen molar-refractivity contribution in [3.63, 3.8) is 0 Å². The van der Waals surface area contributed by atoms with Gasteiger partial charge in [0.05, 0.1) is 32.9 Å². The molecule has 0 bridgehead atoms. The molecular weight excluding hydrogens is 561 g/mol. The number of rotatable bonds is 13. The van der Waals surface area contributed by atoms with E-state index in [9.17, 15) is 14.7 Å². The van der Waals surface area contributed by atoms with Gasteiger partial charge in [-0.15, -0.1) is 17.0 Å². The number of amidine groups is 1. The van der Waals surface area contributed by atoms with E-state index in [1.165, 1.54) is 24.0 Å². The lowest BCUT2D eigenvalue weighted by Gasteiger charge is -2.20. The molecule has 0 aliphatic carbocycles. The van der Waals surface area contributed by atoms with Crippen LogP contribution >= 0.6 is 17.0 Å². The van der Waals surface area contributed by atoms with Crippen LogP contribution in [0.25, 0.3) is 0 Å². The molecule has 2 aromatic carbocycles. The zero-order valence-corrected chi connectivity index (χ0v) is 23.8. The molecule has 1 aliphatic rings. The molecule has 3 rings (SSSR count). The fourth-order valence-corrected chi connectivity index (χ4v) is 4.36. The molecule has 0 unspecified atom stereocenters. The van der Waals surface area contributed by atoms with E-state index in [1.54, 1.807) is 24.3 Å². The van der Waals surface area contributed by atoms with Gasteiger partial charge in [-0.25, -0.2) is 9.18 Å². The summed E-state index contributed by atoms with van der Waals surface area (Å²) >= 11 is 0. The van der Waals surface area contributed by atoms with Crippen LogP contribution in [0.2, 0.25) is 0 Å². The van der Waals surface area contributed by atoms with Gasteiger partial charge in [-0.3, -0.25) is 10.2 Å². The summed E-state index contributed by atoms with van der Waals surface area (Å²) < 4.78 is 31.1. The van der Waals surface area contributed by atoms with E-state index < -0.39 is 11.9 Å².